The molecule has 1 aliphatic rings. The van der Waals surface area contributed by atoms with Crippen molar-refractivity contribution < 1.29 is 39.8 Å². The number of aliphatic hydroxyl groups is 5. The lowest BCUT2D eigenvalue weighted by atomic mass is 9.99. The zero-order chi connectivity index (χ0) is 48.7. The number of aliphatic hydroxyl groups excluding tert-OH is 5. The average Bonchev–Trinajstić information content (AvgIpc) is 3.33. The van der Waals surface area contributed by atoms with Crippen LogP contribution < -0.4 is 5.32 Å². The Morgan fingerprint density at radius 2 is 0.851 bits per heavy atom. The van der Waals surface area contributed by atoms with E-state index in [0.717, 1.165) is 64.2 Å². The Hall–Kier alpha value is -1.85. The molecule has 0 aromatic rings. The van der Waals surface area contributed by atoms with E-state index >= 15 is 0 Å². The molecular formula is C58H107NO8. The number of hydrogen-bond donors (Lipinski definition) is 6. The van der Waals surface area contributed by atoms with Crippen molar-refractivity contribution in [2.24, 2.45) is 0 Å². The van der Waals surface area contributed by atoms with Crippen LogP contribution in [-0.4, -0.2) is 87.5 Å². The van der Waals surface area contributed by atoms with Crippen LogP contribution in [0.2, 0.25) is 0 Å². The Labute approximate surface area is 412 Å². The molecule has 0 aromatic heterocycles. The summed E-state index contributed by atoms with van der Waals surface area (Å²) in [5.41, 5.74) is 0. The third-order valence-corrected chi connectivity index (χ3v) is 13.4. The summed E-state index contributed by atoms with van der Waals surface area (Å²) in [5.74, 6) is -0.200. The van der Waals surface area contributed by atoms with Gasteiger partial charge in [0.15, 0.2) is 6.29 Å². The molecule has 1 amide bonds. The topological polar surface area (TPSA) is 149 Å². The number of carbonyl (C=O) groups excluding carboxylic acids is 1. The number of hydrogen-bond acceptors (Lipinski definition) is 8. The SMILES string of the molecule is CCCCCCC/C=C\CCCCCCCC(=O)NC(COC1OC(CO)C(O)C(O)C1O)C(O)/C=C/CC/C=C/CC/C=C/CCCCCCCCCCCCCCCCCCCCCC. The van der Waals surface area contributed by atoms with Gasteiger partial charge in [0, 0.05) is 6.42 Å². The van der Waals surface area contributed by atoms with E-state index in [2.05, 4.69) is 55.6 Å². The molecule has 9 heteroatoms. The molecule has 1 heterocycles. The fourth-order valence-corrected chi connectivity index (χ4v) is 8.83. The maximum Gasteiger partial charge on any atom is 0.220 e. The second kappa shape index (κ2) is 47.8. The number of allylic oxidation sites excluding steroid dienone is 7. The van der Waals surface area contributed by atoms with Crippen molar-refractivity contribution in [3.05, 3.63) is 48.6 Å². The molecule has 7 unspecified atom stereocenters. The number of rotatable bonds is 48. The number of ether oxygens (including phenoxy) is 2. The molecule has 67 heavy (non-hydrogen) atoms. The van der Waals surface area contributed by atoms with Gasteiger partial charge in [0.05, 0.1) is 25.4 Å². The Morgan fingerprint density at radius 3 is 1.25 bits per heavy atom. The zero-order valence-electron chi connectivity index (χ0n) is 43.4. The number of nitrogens with one attached hydrogen (secondary N) is 1. The van der Waals surface area contributed by atoms with Crippen molar-refractivity contribution in [2.45, 2.75) is 301 Å². The summed E-state index contributed by atoms with van der Waals surface area (Å²) in [6, 6.07) is -0.833. The maximum atomic E-state index is 13.0. The van der Waals surface area contributed by atoms with E-state index in [1.54, 1.807) is 6.08 Å². The van der Waals surface area contributed by atoms with Gasteiger partial charge >= 0.3 is 0 Å². The van der Waals surface area contributed by atoms with Crippen molar-refractivity contribution in [3.8, 4) is 0 Å². The van der Waals surface area contributed by atoms with Crippen LogP contribution in [0.15, 0.2) is 48.6 Å². The number of carbonyl (C=O) groups is 1. The third kappa shape index (κ3) is 37.6. The summed E-state index contributed by atoms with van der Waals surface area (Å²) in [6.45, 7) is 3.75. The lowest BCUT2D eigenvalue weighted by Crippen LogP contribution is -2.60. The van der Waals surface area contributed by atoms with Crippen LogP contribution in [0.5, 0.6) is 0 Å². The standard InChI is InChI=1S/C58H107NO8/c1-3-5-7-9-11-13-15-17-19-20-21-22-23-24-25-26-27-28-29-30-31-32-33-34-35-37-39-41-43-45-47-52(61)51(50-66-58-57(65)56(64)55(63)53(49-60)67-58)59-54(62)48-46-44-42-40-38-36-18-16-14-12-10-8-6-4-2/h16,18,32-33,37,39,45,47,51-53,55-58,60-61,63-65H,3-15,17,19-31,34-36,38,40-44,46,48-50H2,1-2H3,(H,59,62)/b18-16-,33-32+,39-37+,47-45+. The smallest absolute Gasteiger partial charge is 0.220 e. The minimum absolute atomic E-state index is 0.200. The summed E-state index contributed by atoms with van der Waals surface area (Å²) in [7, 11) is 0. The van der Waals surface area contributed by atoms with E-state index in [0.29, 0.717) is 6.42 Å². The molecule has 7 atom stereocenters. The molecule has 392 valence electrons. The van der Waals surface area contributed by atoms with Crippen LogP contribution in [0.3, 0.4) is 0 Å². The Morgan fingerprint density at radius 1 is 0.493 bits per heavy atom. The van der Waals surface area contributed by atoms with Gasteiger partial charge in [-0.2, -0.15) is 0 Å². The molecule has 0 aliphatic carbocycles. The lowest BCUT2D eigenvalue weighted by molar-refractivity contribution is -0.302. The fourth-order valence-electron chi connectivity index (χ4n) is 8.83. The lowest BCUT2D eigenvalue weighted by Gasteiger charge is -2.40. The van der Waals surface area contributed by atoms with Crippen molar-refractivity contribution >= 4 is 5.91 Å². The molecule has 1 fully saturated rings. The molecule has 0 bridgehead atoms. The van der Waals surface area contributed by atoms with E-state index in [1.165, 1.54) is 173 Å². The van der Waals surface area contributed by atoms with E-state index in [1.807, 2.05) is 6.08 Å². The first-order chi connectivity index (χ1) is 32.8. The van der Waals surface area contributed by atoms with Gasteiger partial charge < -0.3 is 40.3 Å². The largest absolute Gasteiger partial charge is 0.394 e. The minimum Gasteiger partial charge on any atom is -0.394 e. The average molecular weight is 946 g/mol. The Kier molecular flexibility index (Phi) is 45.1. The molecule has 0 spiro atoms. The zero-order valence-corrected chi connectivity index (χ0v) is 43.4. The third-order valence-electron chi connectivity index (χ3n) is 13.4. The van der Waals surface area contributed by atoms with Crippen LogP contribution in [-0.2, 0) is 14.3 Å². The van der Waals surface area contributed by atoms with Crippen LogP contribution in [0, 0.1) is 0 Å². The first-order valence-electron chi connectivity index (χ1n) is 28.4. The van der Waals surface area contributed by atoms with Crippen molar-refractivity contribution in [1.82, 2.24) is 5.32 Å². The molecule has 1 aliphatic heterocycles. The summed E-state index contributed by atoms with van der Waals surface area (Å²) >= 11 is 0. The highest BCUT2D eigenvalue weighted by molar-refractivity contribution is 5.76. The van der Waals surface area contributed by atoms with Gasteiger partial charge in [-0.3, -0.25) is 4.79 Å². The Bertz CT molecular complexity index is 1190. The minimum atomic E-state index is -1.58. The second-order valence-corrected chi connectivity index (χ2v) is 19.7. The maximum absolute atomic E-state index is 13.0. The molecular weight excluding hydrogens is 839 g/mol. The van der Waals surface area contributed by atoms with E-state index < -0.39 is 49.5 Å². The van der Waals surface area contributed by atoms with Crippen molar-refractivity contribution in [1.29, 1.82) is 0 Å². The van der Waals surface area contributed by atoms with Gasteiger partial charge in [-0.1, -0.05) is 229 Å². The van der Waals surface area contributed by atoms with Crippen LogP contribution in [0.25, 0.3) is 0 Å². The fraction of sp³-hybridized carbons (Fsp3) is 0.845. The molecule has 1 saturated heterocycles. The number of amides is 1. The van der Waals surface area contributed by atoms with E-state index in [-0.39, 0.29) is 12.5 Å². The molecule has 9 nitrogen and oxygen atoms in total. The van der Waals surface area contributed by atoms with Gasteiger partial charge in [0.25, 0.3) is 0 Å². The van der Waals surface area contributed by atoms with Crippen LogP contribution in [0.4, 0.5) is 0 Å². The molecule has 1 rings (SSSR count). The predicted octanol–water partition coefficient (Wildman–Crippen LogP) is 13.7. The predicted molar refractivity (Wildman–Crippen MR) is 281 cm³/mol. The second-order valence-electron chi connectivity index (χ2n) is 19.7. The number of unbranched alkanes of at least 4 members (excludes halogenated alkanes) is 32. The monoisotopic (exact) mass is 946 g/mol. The quantitative estimate of drug-likeness (QED) is 0.0261. The van der Waals surface area contributed by atoms with Gasteiger partial charge in [0.1, 0.15) is 24.4 Å². The molecule has 0 aromatic carbocycles. The van der Waals surface area contributed by atoms with Crippen molar-refractivity contribution in [2.75, 3.05) is 13.2 Å². The summed E-state index contributed by atoms with van der Waals surface area (Å²) < 4.78 is 11.2. The summed E-state index contributed by atoms with van der Waals surface area (Å²) in [4.78, 5) is 13.0. The van der Waals surface area contributed by atoms with Gasteiger partial charge in [-0.25, -0.2) is 0 Å². The summed E-state index contributed by atoms with van der Waals surface area (Å²) in [5, 5.41) is 54.4. The van der Waals surface area contributed by atoms with E-state index in [9.17, 15) is 30.3 Å². The summed E-state index contributed by atoms with van der Waals surface area (Å²) in [6.07, 6.45) is 56.2. The molecule has 6 N–H and O–H groups in total. The van der Waals surface area contributed by atoms with Gasteiger partial charge in [0.2, 0.25) is 5.91 Å². The molecule has 0 radical (unpaired) electrons. The van der Waals surface area contributed by atoms with Crippen LogP contribution in [0.1, 0.15) is 258 Å². The van der Waals surface area contributed by atoms with Crippen LogP contribution >= 0.6 is 0 Å². The molecule has 0 saturated carbocycles. The Balaban J connectivity index is 2.23. The highest BCUT2D eigenvalue weighted by atomic mass is 16.7. The first-order valence-corrected chi connectivity index (χ1v) is 28.4. The first kappa shape index (κ1) is 63.2. The normalized spacial score (nSPS) is 20.0. The highest BCUT2D eigenvalue weighted by Crippen LogP contribution is 2.23. The van der Waals surface area contributed by atoms with E-state index in [4.69, 9.17) is 9.47 Å². The van der Waals surface area contributed by atoms with Gasteiger partial charge in [-0.15, -0.1) is 0 Å². The van der Waals surface area contributed by atoms with Crippen molar-refractivity contribution in [3.63, 3.8) is 0 Å². The van der Waals surface area contributed by atoms with Gasteiger partial charge in [-0.05, 0) is 70.6 Å². The highest BCUT2D eigenvalue weighted by Gasteiger charge is 2.44.